The van der Waals surface area contributed by atoms with E-state index in [1.54, 1.807) is 6.07 Å². The predicted octanol–water partition coefficient (Wildman–Crippen LogP) is 0.487. The molecule has 1 aromatic carbocycles. The molecule has 0 radical (unpaired) electrons. The highest BCUT2D eigenvalue weighted by Gasteiger charge is 2.39. The molecule has 4 rings (SSSR count). The highest BCUT2D eigenvalue weighted by atomic mass is 19.3. The third kappa shape index (κ3) is 3.64. The van der Waals surface area contributed by atoms with Crippen LogP contribution in [0.5, 0.6) is 0 Å². The number of carbonyl (C=O) groups is 3. The topological polar surface area (TPSA) is 81.8 Å². The summed E-state index contributed by atoms with van der Waals surface area (Å²) < 4.78 is 25.9. The predicted molar refractivity (Wildman–Crippen MR) is 95.6 cm³/mol. The summed E-state index contributed by atoms with van der Waals surface area (Å²) in [4.78, 5) is 39.8. The zero-order valence-electron chi connectivity index (χ0n) is 15.3. The lowest BCUT2D eigenvalue weighted by molar-refractivity contribution is -0.136. The molecule has 2 saturated heterocycles. The second-order valence-corrected chi connectivity index (χ2v) is 7.52. The molecule has 2 atom stereocenters. The number of benzene rings is 1. The molecule has 3 heterocycles. The molecule has 1 aromatic rings. The van der Waals surface area contributed by atoms with Gasteiger partial charge in [-0.05, 0) is 23.6 Å². The van der Waals surface area contributed by atoms with Crippen LogP contribution in [0.3, 0.4) is 0 Å². The molecule has 0 aliphatic carbocycles. The van der Waals surface area contributed by atoms with Crippen LogP contribution in [0.1, 0.15) is 34.3 Å². The van der Waals surface area contributed by atoms with Gasteiger partial charge in [-0.25, -0.2) is 8.78 Å². The third-order valence-corrected chi connectivity index (χ3v) is 5.59. The van der Waals surface area contributed by atoms with Gasteiger partial charge in [0.15, 0.2) is 0 Å². The molecule has 28 heavy (non-hydrogen) atoms. The van der Waals surface area contributed by atoms with E-state index in [9.17, 15) is 23.2 Å². The summed E-state index contributed by atoms with van der Waals surface area (Å²) in [5.41, 5.74) is 2.26. The van der Waals surface area contributed by atoms with Gasteiger partial charge in [0.2, 0.25) is 11.8 Å². The normalized spacial score (nSPS) is 26.0. The smallest absolute Gasteiger partial charge is 0.255 e. The summed E-state index contributed by atoms with van der Waals surface area (Å²) in [6, 6.07) is 4.08. The number of imide groups is 1. The highest BCUT2D eigenvalue weighted by molar-refractivity contribution is 6.05. The average Bonchev–Trinajstić information content (AvgIpc) is 2.98. The number of amides is 3. The molecule has 2 unspecified atom stereocenters. The number of fused-ring (bicyclic) bond motifs is 1. The number of nitrogens with zero attached hydrogens (tertiary/aromatic N) is 2. The first-order chi connectivity index (χ1) is 13.4. The zero-order chi connectivity index (χ0) is 19.8. The summed E-state index contributed by atoms with van der Waals surface area (Å²) in [5.74, 6) is -0.973. The van der Waals surface area contributed by atoms with Crippen molar-refractivity contribution in [2.75, 3.05) is 19.6 Å². The maximum absolute atomic E-state index is 12.9. The molecule has 0 spiro atoms. The second-order valence-electron chi connectivity index (χ2n) is 7.52. The summed E-state index contributed by atoms with van der Waals surface area (Å²) in [5, 5.41) is 5.10. The fourth-order valence-corrected chi connectivity index (χ4v) is 4.11. The van der Waals surface area contributed by atoms with Crippen LogP contribution in [0.15, 0.2) is 18.2 Å². The Labute approximate surface area is 161 Å². The summed E-state index contributed by atoms with van der Waals surface area (Å²) in [6.07, 6.45) is -1.87. The summed E-state index contributed by atoms with van der Waals surface area (Å²) in [7, 11) is 0. The lowest BCUT2D eigenvalue weighted by Crippen LogP contribution is -2.53. The van der Waals surface area contributed by atoms with Gasteiger partial charge in [-0.15, -0.1) is 0 Å². The van der Waals surface area contributed by atoms with Gasteiger partial charge in [0.05, 0.1) is 6.04 Å². The molecule has 3 aliphatic heterocycles. The Hall–Kier alpha value is -2.39. The van der Waals surface area contributed by atoms with Crippen molar-refractivity contribution in [3.8, 4) is 0 Å². The fraction of sp³-hybridized carbons (Fsp3) is 0.526. The number of alkyl halides is 2. The lowest BCUT2D eigenvalue weighted by atomic mass is 10.0. The van der Waals surface area contributed by atoms with Gasteiger partial charge in [-0.1, -0.05) is 12.1 Å². The Balaban J connectivity index is 1.46. The van der Waals surface area contributed by atoms with Crippen molar-refractivity contribution in [1.82, 2.24) is 20.4 Å². The first kappa shape index (κ1) is 18.9. The van der Waals surface area contributed by atoms with Gasteiger partial charge in [-0.3, -0.25) is 24.6 Å². The Morgan fingerprint density at radius 2 is 2.04 bits per heavy atom. The Bertz CT molecular complexity index is 816. The SMILES string of the molecule is O=C1CCC(N2Cc3ccc(CN4CCNC(C(F)F)C4)cc3C2=O)C(=O)N1. The molecule has 0 bridgehead atoms. The van der Waals surface area contributed by atoms with E-state index in [1.165, 1.54) is 4.90 Å². The Morgan fingerprint density at radius 3 is 2.79 bits per heavy atom. The van der Waals surface area contributed by atoms with Crippen LogP contribution in [0.4, 0.5) is 8.78 Å². The summed E-state index contributed by atoms with van der Waals surface area (Å²) >= 11 is 0. The van der Waals surface area contributed by atoms with Gasteiger partial charge in [-0.2, -0.15) is 0 Å². The van der Waals surface area contributed by atoms with E-state index in [1.807, 2.05) is 17.0 Å². The number of carbonyl (C=O) groups excluding carboxylic acids is 3. The second kappa shape index (κ2) is 7.56. The van der Waals surface area contributed by atoms with Gasteiger partial charge in [0, 0.05) is 44.7 Å². The maximum atomic E-state index is 12.9. The van der Waals surface area contributed by atoms with Crippen molar-refractivity contribution >= 4 is 17.7 Å². The molecule has 0 aromatic heterocycles. The van der Waals surface area contributed by atoms with E-state index in [4.69, 9.17) is 0 Å². The van der Waals surface area contributed by atoms with Crippen LogP contribution in [-0.2, 0) is 22.7 Å². The van der Waals surface area contributed by atoms with E-state index >= 15 is 0 Å². The summed E-state index contributed by atoms with van der Waals surface area (Å²) in [6.45, 7) is 2.25. The van der Waals surface area contributed by atoms with E-state index in [-0.39, 0.29) is 24.8 Å². The van der Waals surface area contributed by atoms with Gasteiger partial charge in [0.1, 0.15) is 6.04 Å². The molecule has 7 nitrogen and oxygen atoms in total. The first-order valence-electron chi connectivity index (χ1n) is 9.42. The van der Waals surface area contributed by atoms with Gasteiger partial charge < -0.3 is 10.2 Å². The van der Waals surface area contributed by atoms with Crippen LogP contribution in [-0.4, -0.2) is 65.7 Å². The van der Waals surface area contributed by atoms with E-state index in [0.717, 1.165) is 11.1 Å². The molecule has 3 aliphatic rings. The lowest BCUT2D eigenvalue weighted by Gasteiger charge is -2.33. The fourth-order valence-electron chi connectivity index (χ4n) is 4.11. The van der Waals surface area contributed by atoms with Crippen molar-refractivity contribution < 1.29 is 23.2 Å². The van der Waals surface area contributed by atoms with E-state index in [2.05, 4.69) is 10.6 Å². The Kier molecular flexibility index (Phi) is 5.11. The van der Waals surface area contributed by atoms with E-state index < -0.39 is 24.4 Å². The quantitative estimate of drug-likeness (QED) is 0.729. The molecule has 150 valence electrons. The van der Waals surface area contributed by atoms with Crippen LogP contribution in [0.25, 0.3) is 0 Å². The molecule has 0 saturated carbocycles. The number of nitrogens with one attached hydrogen (secondary N) is 2. The maximum Gasteiger partial charge on any atom is 0.255 e. The highest BCUT2D eigenvalue weighted by Crippen LogP contribution is 2.28. The minimum atomic E-state index is -2.41. The van der Waals surface area contributed by atoms with Crippen molar-refractivity contribution in [3.05, 3.63) is 34.9 Å². The molecule has 2 fully saturated rings. The molecule has 2 N–H and O–H groups in total. The number of piperazine rings is 1. The number of piperidine rings is 1. The Morgan fingerprint density at radius 1 is 1.21 bits per heavy atom. The number of hydrogen-bond donors (Lipinski definition) is 2. The number of halogens is 2. The van der Waals surface area contributed by atoms with Crippen molar-refractivity contribution in [3.63, 3.8) is 0 Å². The monoisotopic (exact) mass is 392 g/mol. The van der Waals surface area contributed by atoms with Crippen LogP contribution < -0.4 is 10.6 Å². The molecular weight excluding hydrogens is 370 g/mol. The average molecular weight is 392 g/mol. The molecule has 9 heteroatoms. The molecular formula is C19H22F2N4O3. The third-order valence-electron chi connectivity index (χ3n) is 5.59. The van der Waals surface area contributed by atoms with Gasteiger partial charge in [0.25, 0.3) is 12.3 Å². The van der Waals surface area contributed by atoms with Gasteiger partial charge >= 0.3 is 0 Å². The van der Waals surface area contributed by atoms with Crippen LogP contribution in [0, 0.1) is 0 Å². The van der Waals surface area contributed by atoms with E-state index in [0.29, 0.717) is 38.2 Å². The van der Waals surface area contributed by atoms with Crippen molar-refractivity contribution in [1.29, 1.82) is 0 Å². The van der Waals surface area contributed by atoms with Crippen molar-refractivity contribution in [2.24, 2.45) is 0 Å². The molecule has 3 amide bonds. The number of rotatable bonds is 4. The largest absolute Gasteiger partial charge is 0.322 e. The standard InChI is InChI=1S/C19H22F2N4O3/c20-17(21)14-10-24(6-5-22-14)8-11-1-2-12-9-25(19(28)13(12)7-11)15-3-4-16(26)23-18(15)27/h1-2,7,14-15,17,22H,3-6,8-10H2,(H,23,26,27). The number of hydrogen-bond acceptors (Lipinski definition) is 5. The van der Waals surface area contributed by atoms with Crippen LogP contribution in [0.2, 0.25) is 0 Å². The van der Waals surface area contributed by atoms with Crippen molar-refractivity contribution in [2.45, 2.75) is 44.4 Å². The minimum absolute atomic E-state index is 0.218. The van der Waals surface area contributed by atoms with Crippen LogP contribution >= 0.6 is 0 Å². The first-order valence-corrected chi connectivity index (χ1v) is 9.42. The zero-order valence-corrected chi connectivity index (χ0v) is 15.3. The minimum Gasteiger partial charge on any atom is -0.322 e.